The summed E-state index contributed by atoms with van der Waals surface area (Å²) in [7, 11) is 1.36. The van der Waals surface area contributed by atoms with E-state index < -0.39 is 17.9 Å². The summed E-state index contributed by atoms with van der Waals surface area (Å²) in [4.78, 5) is 35.7. The van der Waals surface area contributed by atoms with Crippen LogP contribution in [0.15, 0.2) is 12.1 Å². The maximum Gasteiger partial charge on any atom is 0.254 e. The summed E-state index contributed by atoms with van der Waals surface area (Å²) in [5.74, 6) is -1.18. The molecular formula is C14H16N2O5. The molecule has 1 aromatic carbocycles. The zero-order valence-electron chi connectivity index (χ0n) is 11.7. The Bertz CT molecular complexity index is 612. The maximum absolute atomic E-state index is 12.2. The second kappa shape index (κ2) is 5.82. The Morgan fingerprint density at radius 3 is 2.71 bits per heavy atom. The van der Waals surface area contributed by atoms with Gasteiger partial charge in [-0.1, -0.05) is 6.92 Å². The zero-order chi connectivity index (χ0) is 15.6. The third kappa shape index (κ3) is 2.96. The molecular weight excluding hydrogens is 276 g/mol. The van der Waals surface area contributed by atoms with Crippen LogP contribution in [0.2, 0.25) is 0 Å². The number of phenols is 1. The van der Waals surface area contributed by atoms with Crippen LogP contribution >= 0.6 is 0 Å². The molecule has 1 aliphatic rings. The Labute approximate surface area is 121 Å². The molecule has 7 nitrogen and oxygen atoms in total. The number of aromatic hydroxyl groups is 1. The van der Waals surface area contributed by atoms with Crippen LogP contribution < -0.4 is 15.4 Å². The minimum absolute atomic E-state index is 0.0643. The van der Waals surface area contributed by atoms with Gasteiger partial charge in [0.05, 0.1) is 18.4 Å². The highest BCUT2D eigenvalue weighted by Crippen LogP contribution is 2.33. The second-order valence-corrected chi connectivity index (χ2v) is 4.68. The number of carbonyl (C=O) groups is 3. The fraction of sp³-hybridized carbons (Fsp3) is 0.357. The normalized spacial score (nSPS) is 17.3. The molecule has 0 bridgehead atoms. The molecule has 112 valence electrons. The lowest BCUT2D eigenvalue weighted by Crippen LogP contribution is -2.42. The molecule has 0 aliphatic carbocycles. The van der Waals surface area contributed by atoms with E-state index in [1.54, 1.807) is 6.92 Å². The Kier molecular flexibility index (Phi) is 4.11. The Morgan fingerprint density at radius 1 is 1.38 bits per heavy atom. The summed E-state index contributed by atoms with van der Waals surface area (Å²) in [5.41, 5.74) is 0.353. The van der Waals surface area contributed by atoms with Gasteiger partial charge in [-0.05, 0) is 6.07 Å². The van der Waals surface area contributed by atoms with Crippen LogP contribution in [0.3, 0.4) is 0 Å². The predicted molar refractivity (Wildman–Crippen MR) is 74.5 cm³/mol. The summed E-state index contributed by atoms with van der Waals surface area (Å²) >= 11 is 0. The van der Waals surface area contributed by atoms with E-state index in [2.05, 4.69) is 10.6 Å². The number of rotatable bonds is 4. The number of ether oxygens (including phenoxy) is 1. The first-order valence-electron chi connectivity index (χ1n) is 6.50. The van der Waals surface area contributed by atoms with E-state index in [4.69, 9.17) is 4.74 Å². The van der Waals surface area contributed by atoms with E-state index in [1.807, 2.05) is 0 Å². The van der Waals surface area contributed by atoms with Gasteiger partial charge in [-0.25, -0.2) is 0 Å². The SMILES string of the molecule is CCC(=O)C[C@@H]1NC(=O)c2cc(OC)c(O)cc2NC1=O. The summed E-state index contributed by atoms with van der Waals surface area (Å²) in [5, 5.41) is 14.8. The second-order valence-electron chi connectivity index (χ2n) is 4.68. The van der Waals surface area contributed by atoms with Gasteiger partial charge in [0.15, 0.2) is 11.5 Å². The number of methoxy groups -OCH3 is 1. The average Bonchev–Trinajstić information content (AvgIpc) is 2.55. The molecule has 21 heavy (non-hydrogen) atoms. The molecule has 0 spiro atoms. The minimum atomic E-state index is -0.925. The molecule has 0 aromatic heterocycles. The summed E-state index contributed by atoms with van der Waals surface area (Å²) in [6.45, 7) is 1.69. The number of fused-ring (bicyclic) bond motifs is 1. The molecule has 0 radical (unpaired) electrons. The molecule has 0 saturated carbocycles. The third-order valence-corrected chi connectivity index (χ3v) is 3.27. The fourth-order valence-corrected chi connectivity index (χ4v) is 2.06. The lowest BCUT2D eigenvalue weighted by molar-refractivity contribution is -0.124. The Morgan fingerprint density at radius 2 is 2.10 bits per heavy atom. The van der Waals surface area contributed by atoms with Gasteiger partial charge in [-0.3, -0.25) is 14.4 Å². The lowest BCUT2D eigenvalue weighted by atomic mass is 10.1. The number of ketones is 1. The van der Waals surface area contributed by atoms with Gasteiger partial charge in [0.2, 0.25) is 5.91 Å². The number of amides is 2. The van der Waals surface area contributed by atoms with Crippen molar-refractivity contribution >= 4 is 23.3 Å². The minimum Gasteiger partial charge on any atom is -0.504 e. The average molecular weight is 292 g/mol. The van der Waals surface area contributed by atoms with Gasteiger partial charge in [0, 0.05) is 18.9 Å². The monoisotopic (exact) mass is 292 g/mol. The van der Waals surface area contributed by atoms with Crippen LogP contribution in [-0.4, -0.2) is 35.9 Å². The van der Waals surface area contributed by atoms with Crippen molar-refractivity contribution in [2.75, 3.05) is 12.4 Å². The fourth-order valence-electron chi connectivity index (χ4n) is 2.06. The van der Waals surface area contributed by atoms with Crippen molar-refractivity contribution in [3.63, 3.8) is 0 Å². The number of Topliss-reactive ketones (excluding diaryl/α,β-unsaturated/α-hetero) is 1. The van der Waals surface area contributed by atoms with Gasteiger partial charge >= 0.3 is 0 Å². The number of nitrogens with one attached hydrogen (secondary N) is 2. The van der Waals surface area contributed by atoms with Gasteiger partial charge in [-0.15, -0.1) is 0 Å². The predicted octanol–water partition coefficient (Wildman–Crippen LogP) is 0.820. The van der Waals surface area contributed by atoms with Crippen LogP contribution in [-0.2, 0) is 9.59 Å². The molecule has 2 amide bonds. The highest BCUT2D eigenvalue weighted by Gasteiger charge is 2.30. The molecule has 1 aliphatic heterocycles. The first-order valence-corrected chi connectivity index (χ1v) is 6.50. The number of benzene rings is 1. The molecule has 1 heterocycles. The first-order chi connectivity index (χ1) is 9.96. The molecule has 2 rings (SSSR count). The molecule has 0 saturated heterocycles. The van der Waals surface area contributed by atoms with E-state index in [1.165, 1.54) is 19.2 Å². The van der Waals surface area contributed by atoms with Crippen molar-refractivity contribution < 1.29 is 24.2 Å². The molecule has 0 unspecified atom stereocenters. The molecule has 1 atom stereocenters. The van der Waals surface area contributed by atoms with Gasteiger partial charge in [0.1, 0.15) is 11.8 Å². The van der Waals surface area contributed by atoms with Gasteiger partial charge in [-0.2, -0.15) is 0 Å². The summed E-state index contributed by atoms with van der Waals surface area (Å²) < 4.78 is 4.94. The van der Waals surface area contributed by atoms with Crippen molar-refractivity contribution in [3.05, 3.63) is 17.7 Å². The smallest absolute Gasteiger partial charge is 0.254 e. The van der Waals surface area contributed by atoms with E-state index in [0.717, 1.165) is 0 Å². The first kappa shape index (κ1) is 14.8. The van der Waals surface area contributed by atoms with E-state index >= 15 is 0 Å². The molecule has 3 N–H and O–H groups in total. The van der Waals surface area contributed by atoms with Crippen LogP contribution in [0, 0.1) is 0 Å². The van der Waals surface area contributed by atoms with Crippen LogP contribution in [0.5, 0.6) is 11.5 Å². The van der Waals surface area contributed by atoms with E-state index in [0.29, 0.717) is 6.42 Å². The molecule has 0 fully saturated rings. The standard InChI is InChI=1S/C14H16N2O5/c1-3-7(17)4-10-14(20)15-9-6-11(18)12(21-2)5-8(9)13(19)16-10/h5-6,10,18H,3-4H2,1-2H3,(H,15,20)(H,16,19)/t10-/m0/s1. The van der Waals surface area contributed by atoms with Crippen molar-refractivity contribution in [2.24, 2.45) is 0 Å². The maximum atomic E-state index is 12.2. The van der Waals surface area contributed by atoms with Crippen LogP contribution in [0.1, 0.15) is 30.1 Å². The quantitative estimate of drug-likeness (QED) is 0.762. The Hall–Kier alpha value is -2.57. The topological polar surface area (TPSA) is 105 Å². The van der Waals surface area contributed by atoms with Crippen LogP contribution in [0.4, 0.5) is 5.69 Å². The van der Waals surface area contributed by atoms with Crippen LogP contribution in [0.25, 0.3) is 0 Å². The highest BCUT2D eigenvalue weighted by atomic mass is 16.5. The van der Waals surface area contributed by atoms with Crippen molar-refractivity contribution in [3.8, 4) is 11.5 Å². The molecule has 7 heteroatoms. The van der Waals surface area contributed by atoms with Crippen molar-refractivity contribution in [1.29, 1.82) is 0 Å². The number of phenolic OH excluding ortho intramolecular Hbond substituents is 1. The van der Waals surface area contributed by atoms with Gasteiger partial charge < -0.3 is 20.5 Å². The van der Waals surface area contributed by atoms with Crippen molar-refractivity contribution in [2.45, 2.75) is 25.8 Å². The number of hydrogen-bond donors (Lipinski definition) is 3. The summed E-state index contributed by atoms with van der Waals surface area (Å²) in [6, 6.07) is 1.66. The number of carbonyl (C=O) groups excluding carboxylic acids is 3. The zero-order valence-corrected chi connectivity index (χ0v) is 11.7. The highest BCUT2D eigenvalue weighted by molar-refractivity contribution is 6.11. The van der Waals surface area contributed by atoms with Crippen molar-refractivity contribution in [1.82, 2.24) is 5.32 Å². The lowest BCUT2D eigenvalue weighted by Gasteiger charge is -2.12. The van der Waals surface area contributed by atoms with Gasteiger partial charge in [0.25, 0.3) is 5.91 Å². The van der Waals surface area contributed by atoms with E-state index in [9.17, 15) is 19.5 Å². The Balaban J connectivity index is 2.35. The summed E-state index contributed by atoms with van der Waals surface area (Å²) in [6.07, 6.45) is 0.229. The number of anilines is 1. The number of hydrogen-bond acceptors (Lipinski definition) is 5. The molecule has 1 aromatic rings. The largest absolute Gasteiger partial charge is 0.504 e. The third-order valence-electron chi connectivity index (χ3n) is 3.27. The van der Waals surface area contributed by atoms with E-state index in [-0.39, 0.29) is 35.0 Å².